The predicted octanol–water partition coefficient (Wildman–Crippen LogP) is 2.09. The van der Waals surface area contributed by atoms with Crippen LogP contribution in [0.5, 0.6) is 5.75 Å². The van der Waals surface area contributed by atoms with Crippen molar-refractivity contribution in [3.05, 3.63) is 30.3 Å². The first-order chi connectivity index (χ1) is 11.6. The van der Waals surface area contributed by atoms with Gasteiger partial charge in [0.2, 0.25) is 0 Å². The molecule has 5 nitrogen and oxygen atoms in total. The lowest BCUT2D eigenvalue weighted by Gasteiger charge is -2.45. The number of aliphatic hydroxyl groups is 1. The molecule has 1 N–H and O–H groups in total. The number of β-amino-alcohol motifs (C(OH)–C–C–N with tert-alkyl or cyclic N) is 1. The number of hydrogen-bond donors (Lipinski definition) is 1. The standard InChI is InChI=1S/C19H29NO4/c1-22-19(16-24-17-6-3-2-4-7-17)8-5-11-20(15-19)14-18(21)9-12-23-13-10-18/h2-4,6-7,21H,5,8-16H2,1H3/t19-/m1/s1. The van der Waals surface area contributed by atoms with Crippen molar-refractivity contribution in [2.45, 2.75) is 36.9 Å². The fourth-order valence-electron chi connectivity index (χ4n) is 3.73. The van der Waals surface area contributed by atoms with Crippen molar-refractivity contribution in [3.8, 4) is 5.75 Å². The number of nitrogens with zero attached hydrogens (tertiary/aromatic N) is 1. The van der Waals surface area contributed by atoms with Crippen LogP contribution in [0.25, 0.3) is 0 Å². The van der Waals surface area contributed by atoms with E-state index in [1.807, 2.05) is 30.3 Å². The molecule has 2 heterocycles. The molecule has 2 saturated heterocycles. The van der Waals surface area contributed by atoms with Gasteiger partial charge in [-0.3, -0.25) is 4.90 Å². The van der Waals surface area contributed by atoms with Crippen molar-refractivity contribution in [1.29, 1.82) is 0 Å². The molecule has 5 heteroatoms. The summed E-state index contributed by atoms with van der Waals surface area (Å²) in [5.41, 5.74) is -0.940. The fraction of sp³-hybridized carbons (Fsp3) is 0.684. The van der Waals surface area contributed by atoms with Crippen molar-refractivity contribution in [1.82, 2.24) is 4.90 Å². The van der Waals surface area contributed by atoms with Gasteiger partial charge in [-0.25, -0.2) is 0 Å². The van der Waals surface area contributed by atoms with E-state index < -0.39 is 5.60 Å². The maximum absolute atomic E-state index is 10.8. The minimum absolute atomic E-state index is 0.310. The van der Waals surface area contributed by atoms with Gasteiger partial charge < -0.3 is 19.3 Å². The molecule has 0 saturated carbocycles. The van der Waals surface area contributed by atoms with Crippen LogP contribution in [0.3, 0.4) is 0 Å². The summed E-state index contributed by atoms with van der Waals surface area (Å²) in [6.45, 7) is 4.31. The van der Waals surface area contributed by atoms with E-state index in [0.29, 0.717) is 39.2 Å². The number of methoxy groups -OCH3 is 1. The molecule has 0 bridgehead atoms. The Morgan fingerprint density at radius 1 is 1.17 bits per heavy atom. The fourth-order valence-corrected chi connectivity index (χ4v) is 3.73. The SMILES string of the molecule is CO[C@]1(COc2ccccc2)CCCN(CC2(O)CCOCC2)C1. The lowest BCUT2D eigenvalue weighted by molar-refractivity contribution is -0.120. The number of likely N-dealkylation sites (tertiary alicyclic amines) is 1. The molecule has 0 radical (unpaired) electrons. The Kier molecular flexibility index (Phi) is 5.76. The van der Waals surface area contributed by atoms with Gasteiger partial charge in [0.25, 0.3) is 0 Å². The highest BCUT2D eigenvalue weighted by molar-refractivity contribution is 5.21. The van der Waals surface area contributed by atoms with Crippen molar-refractivity contribution in [2.24, 2.45) is 0 Å². The third-order valence-corrected chi connectivity index (χ3v) is 5.24. The molecule has 0 spiro atoms. The number of para-hydroxylation sites is 1. The summed E-state index contributed by atoms with van der Waals surface area (Å²) in [6.07, 6.45) is 3.46. The molecule has 1 aromatic carbocycles. The first-order valence-electron chi connectivity index (χ1n) is 8.89. The molecule has 1 aromatic rings. The topological polar surface area (TPSA) is 51.2 Å². The smallest absolute Gasteiger partial charge is 0.119 e. The Balaban J connectivity index is 1.59. The van der Waals surface area contributed by atoms with E-state index in [4.69, 9.17) is 14.2 Å². The zero-order valence-corrected chi connectivity index (χ0v) is 14.6. The maximum atomic E-state index is 10.8. The van der Waals surface area contributed by atoms with Gasteiger partial charge in [0.1, 0.15) is 18.0 Å². The van der Waals surface area contributed by atoms with E-state index >= 15 is 0 Å². The van der Waals surface area contributed by atoms with Gasteiger partial charge in [0, 0.05) is 46.3 Å². The predicted molar refractivity (Wildman–Crippen MR) is 92.4 cm³/mol. The molecule has 134 valence electrons. The van der Waals surface area contributed by atoms with Crippen molar-refractivity contribution >= 4 is 0 Å². The molecule has 3 rings (SSSR count). The summed E-state index contributed by atoms with van der Waals surface area (Å²) in [5, 5.41) is 10.8. The average Bonchev–Trinajstić information content (AvgIpc) is 2.61. The van der Waals surface area contributed by atoms with E-state index in [0.717, 1.165) is 31.7 Å². The van der Waals surface area contributed by atoms with Gasteiger partial charge in [0.15, 0.2) is 0 Å². The molecule has 24 heavy (non-hydrogen) atoms. The largest absolute Gasteiger partial charge is 0.491 e. The van der Waals surface area contributed by atoms with Crippen LogP contribution in [-0.2, 0) is 9.47 Å². The highest BCUT2D eigenvalue weighted by Gasteiger charge is 2.40. The zero-order valence-electron chi connectivity index (χ0n) is 14.6. The van der Waals surface area contributed by atoms with Crippen molar-refractivity contribution < 1.29 is 19.3 Å². The van der Waals surface area contributed by atoms with Crippen molar-refractivity contribution in [2.75, 3.05) is 46.6 Å². The third-order valence-electron chi connectivity index (χ3n) is 5.24. The monoisotopic (exact) mass is 335 g/mol. The Morgan fingerprint density at radius 3 is 2.62 bits per heavy atom. The summed E-state index contributed by atoms with van der Waals surface area (Å²) < 4.78 is 17.2. The summed E-state index contributed by atoms with van der Waals surface area (Å²) in [4.78, 5) is 2.33. The summed E-state index contributed by atoms with van der Waals surface area (Å²) >= 11 is 0. The van der Waals surface area contributed by atoms with Gasteiger partial charge in [-0.15, -0.1) is 0 Å². The third kappa shape index (κ3) is 4.48. The van der Waals surface area contributed by atoms with Crippen LogP contribution in [0.1, 0.15) is 25.7 Å². The first-order valence-corrected chi connectivity index (χ1v) is 8.89. The second kappa shape index (κ2) is 7.83. The first kappa shape index (κ1) is 17.7. The van der Waals surface area contributed by atoms with E-state index in [9.17, 15) is 5.11 Å². The lowest BCUT2D eigenvalue weighted by atomic mass is 9.89. The lowest BCUT2D eigenvalue weighted by Crippen LogP contribution is -2.57. The Bertz CT molecular complexity index is 503. The van der Waals surface area contributed by atoms with E-state index in [1.54, 1.807) is 7.11 Å². The molecule has 0 aliphatic carbocycles. The number of hydrogen-bond acceptors (Lipinski definition) is 5. The molecule has 0 unspecified atom stereocenters. The van der Waals surface area contributed by atoms with Crippen LogP contribution in [0.15, 0.2) is 30.3 Å². The normalized spacial score (nSPS) is 27.8. The summed E-state index contributed by atoms with van der Waals surface area (Å²) in [5.74, 6) is 0.870. The van der Waals surface area contributed by atoms with Crippen LogP contribution >= 0.6 is 0 Å². The molecule has 2 aliphatic rings. The number of benzene rings is 1. The van der Waals surface area contributed by atoms with Gasteiger partial charge in [0.05, 0.1) is 5.60 Å². The molecule has 2 fully saturated rings. The molecule has 2 aliphatic heterocycles. The molecule has 0 aromatic heterocycles. The molecular weight excluding hydrogens is 306 g/mol. The van der Waals surface area contributed by atoms with Crippen LogP contribution < -0.4 is 4.74 Å². The maximum Gasteiger partial charge on any atom is 0.119 e. The number of ether oxygens (including phenoxy) is 3. The van der Waals surface area contributed by atoms with E-state index in [2.05, 4.69) is 4.90 Å². The van der Waals surface area contributed by atoms with Gasteiger partial charge in [-0.2, -0.15) is 0 Å². The summed E-state index contributed by atoms with van der Waals surface area (Å²) in [7, 11) is 1.76. The number of rotatable bonds is 6. The van der Waals surface area contributed by atoms with Gasteiger partial charge in [-0.05, 0) is 31.5 Å². The van der Waals surface area contributed by atoms with Crippen LogP contribution in [-0.4, -0.2) is 67.8 Å². The van der Waals surface area contributed by atoms with Crippen LogP contribution in [0.2, 0.25) is 0 Å². The Labute approximate surface area is 144 Å². The molecule has 1 atom stereocenters. The molecule has 0 amide bonds. The zero-order chi connectivity index (χ0) is 16.9. The Hall–Kier alpha value is -1.14. The Morgan fingerprint density at radius 2 is 1.92 bits per heavy atom. The second-order valence-corrected chi connectivity index (χ2v) is 7.14. The number of piperidine rings is 1. The van der Waals surface area contributed by atoms with Gasteiger partial charge in [-0.1, -0.05) is 18.2 Å². The average molecular weight is 335 g/mol. The molecular formula is C19H29NO4. The second-order valence-electron chi connectivity index (χ2n) is 7.14. The highest BCUT2D eigenvalue weighted by Crippen LogP contribution is 2.29. The summed E-state index contributed by atoms with van der Waals surface area (Å²) in [6, 6.07) is 9.87. The quantitative estimate of drug-likeness (QED) is 0.863. The van der Waals surface area contributed by atoms with Crippen LogP contribution in [0.4, 0.5) is 0 Å². The highest BCUT2D eigenvalue weighted by atomic mass is 16.5. The van der Waals surface area contributed by atoms with Crippen LogP contribution in [0, 0.1) is 0 Å². The minimum atomic E-state index is -0.630. The van der Waals surface area contributed by atoms with Crippen molar-refractivity contribution in [3.63, 3.8) is 0 Å². The van der Waals surface area contributed by atoms with Gasteiger partial charge >= 0.3 is 0 Å². The van der Waals surface area contributed by atoms with E-state index in [-0.39, 0.29) is 5.60 Å². The van der Waals surface area contributed by atoms with E-state index in [1.165, 1.54) is 0 Å². The minimum Gasteiger partial charge on any atom is -0.491 e.